The molecule has 100 valence electrons. The third-order valence-electron chi connectivity index (χ3n) is 3.80. The van der Waals surface area contributed by atoms with Crippen LogP contribution in [-0.2, 0) is 14.8 Å². The van der Waals surface area contributed by atoms with Crippen LogP contribution >= 0.6 is 0 Å². The van der Waals surface area contributed by atoms with Gasteiger partial charge in [-0.25, -0.2) is 8.42 Å². The molecule has 2 fully saturated rings. The van der Waals surface area contributed by atoms with Crippen LogP contribution in [0.1, 0.15) is 32.1 Å². The molecule has 7 heteroatoms. The fourth-order valence-electron chi connectivity index (χ4n) is 3.27. The van der Waals surface area contributed by atoms with Crippen molar-refractivity contribution >= 4 is 16.0 Å². The molecule has 0 aliphatic carbocycles. The number of carboxylic acids is 1. The Bertz CT molecular complexity index is 468. The van der Waals surface area contributed by atoms with Gasteiger partial charge in [0, 0.05) is 18.5 Å². The lowest BCUT2D eigenvalue weighted by Gasteiger charge is -2.36. The smallest absolute Gasteiger partial charge is 0.303 e. The van der Waals surface area contributed by atoms with Crippen LogP contribution in [0.25, 0.3) is 0 Å². The van der Waals surface area contributed by atoms with Crippen LogP contribution in [0.15, 0.2) is 0 Å². The third kappa shape index (κ3) is 2.49. The highest BCUT2D eigenvalue weighted by atomic mass is 32.2. The number of hydrogen-bond donors (Lipinski definition) is 1. The number of rotatable bonds is 4. The van der Waals surface area contributed by atoms with Gasteiger partial charge < -0.3 is 5.11 Å². The molecule has 2 bridgehead atoms. The van der Waals surface area contributed by atoms with E-state index < -0.39 is 21.7 Å². The summed E-state index contributed by atoms with van der Waals surface area (Å²) in [6, 6.07) is 1.48. The SMILES string of the molecule is N#CCS(=O)(=O)N1C2CCC1CC(CC(=O)O)C2. The summed E-state index contributed by atoms with van der Waals surface area (Å²) in [6.45, 7) is 0. The van der Waals surface area contributed by atoms with E-state index in [0.717, 1.165) is 12.8 Å². The van der Waals surface area contributed by atoms with Crippen molar-refractivity contribution in [1.82, 2.24) is 4.31 Å². The first kappa shape index (κ1) is 13.3. The highest BCUT2D eigenvalue weighted by molar-refractivity contribution is 7.89. The Morgan fingerprint density at radius 3 is 2.33 bits per heavy atom. The molecular formula is C11H16N2O4S. The van der Waals surface area contributed by atoms with E-state index in [9.17, 15) is 13.2 Å². The average molecular weight is 272 g/mol. The first-order valence-corrected chi connectivity index (χ1v) is 7.65. The monoisotopic (exact) mass is 272 g/mol. The summed E-state index contributed by atoms with van der Waals surface area (Å²) in [5.41, 5.74) is 0. The molecule has 2 aliphatic rings. The van der Waals surface area contributed by atoms with Crippen LogP contribution < -0.4 is 0 Å². The molecule has 2 saturated heterocycles. The lowest BCUT2D eigenvalue weighted by molar-refractivity contribution is -0.138. The summed E-state index contributed by atoms with van der Waals surface area (Å²) in [4.78, 5) is 10.7. The second-order valence-electron chi connectivity index (χ2n) is 5.06. The predicted octanol–water partition coefficient (Wildman–Crippen LogP) is 0.557. The van der Waals surface area contributed by atoms with Crippen LogP contribution in [-0.4, -0.2) is 41.6 Å². The van der Waals surface area contributed by atoms with Gasteiger partial charge in [0.15, 0.2) is 5.75 Å². The predicted molar refractivity (Wildman–Crippen MR) is 63.0 cm³/mol. The Hall–Kier alpha value is -1.13. The van der Waals surface area contributed by atoms with Crippen molar-refractivity contribution in [2.24, 2.45) is 5.92 Å². The molecule has 1 N–H and O–H groups in total. The molecule has 18 heavy (non-hydrogen) atoms. The first-order valence-electron chi connectivity index (χ1n) is 6.04. The quantitative estimate of drug-likeness (QED) is 0.806. The molecular weight excluding hydrogens is 256 g/mol. The molecule has 2 aliphatic heterocycles. The number of sulfonamides is 1. The second kappa shape index (κ2) is 4.86. The number of carboxylic acid groups (broad SMARTS) is 1. The van der Waals surface area contributed by atoms with Gasteiger partial charge in [0.05, 0.1) is 6.07 Å². The van der Waals surface area contributed by atoms with Crippen molar-refractivity contribution in [3.63, 3.8) is 0 Å². The minimum absolute atomic E-state index is 0.0635. The minimum atomic E-state index is -3.50. The lowest BCUT2D eigenvalue weighted by Crippen LogP contribution is -2.47. The molecule has 2 unspecified atom stereocenters. The van der Waals surface area contributed by atoms with Gasteiger partial charge in [-0.05, 0) is 31.6 Å². The maximum Gasteiger partial charge on any atom is 0.303 e. The van der Waals surface area contributed by atoms with E-state index in [1.807, 2.05) is 0 Å². The van der Waals surface area contributed by atoms with Crippen LogP contribution in [0.2, 0.25) is 0 Å². The Balaban J connectivity index is 2.11. The fraction of sp³-hybridized carbons (Fsp3) is 0.818. The standard InChI is InChI=1S/C11H16N2O4S/c12-3-4-18(16,17)13-9-1-2-10(13)6-8(5-9)7-11(14)15/h8-10H,1-2,4-7H2,(H,14,15). The van der Waals surface area contributed by atoms with Crippen LogP contribution in [0, 0.1) is 17.2 Å². The van der Waals surface area contributed by atoms with Gasteiger partial charge in [-0.2, -0.15) is 9.57 Å². The summed E-state index contributed by atoms with van der Waals surface area (Å²) >= 11 is 0. The maximum absolute atomic E-state index is 12.0. The third-order valence-corrected chi connectivity index (χ3v) is 5.53. The number of aliphatic carboxylic acids is 1. The van der Waals surface area contributed by atoms with E-state index >= 15 is 0 Å². The fourth-order valence-corrected chi connectivity index (χ4v) is 4.87. The number of hydrogen-bond acceptors (Lipinski definition) is 4. The van der Waals surface area contributed by atoms with Crippen LogP contribution in [0.4, 0.5) is 0 Å². The summed E-state index contributed by atoms with van der Waals surface area (Å²) in [5, 5.41) is 17.4. The van der Waals surface area contributed by atoms with Gasteiger partial charge >= 0.3 is 5.97 Å². The highest BCUT2D eigenvalue weighted by Gasteiger charge is 2.46. The molecule has 0 aromatic carbocycles. The van der Waals surface area contributed by atoms with E-state index in [-0.39, 0.29) is 24.4 Å². The zero-order chi connectivity index (χ0) is 13.3. The number of carbonyl (C=O) groups is 1. The Labute approximate surface area is 106 Å². The maximum atomic E-state index is 12.0. The van der Waals surface area contributed by atoms with E-state index in [2.05, 4.69) is 0 Å². The lowest BCUT2D eigenvalue weighted by atomic mass is 9.90. The van der Waals surface area contributed by atoms with Gasteiger partial charge in [0.1, 0.15) is 0 Å². The molecule has 0 saturated carbocycles. The molecule has 2 rings (SSSR count). The molecule has 0 aromatic heterocycles. The van der Waals surface area contributed by atoms with Crippen LogP contribution in [0.3, 0.4) is 0 Å². The van der Waals surface area contributed by atoms with E-state index in [4.69, 9.17) is 10.4 Å². The normalized spacial score (nSPS) is 32.1. The van der Waals surface area contributed by atoms with Crippen molar-refractivity contribution in [3.8, 4) is 6.07 Å². The van der Waals surface area contributed by atoms with Crippen molar-refractivity contribution in [1.29, 1.82) is 5.26 Å². The summed E-state index contributed by atoms with van der Waals surface area (Å²) < 4.78 is 25.4. The number of piperidine rings is 1. The minimum Gasteiger partial charge on any atom is -0.481 e. The topological polar surface area (TPSA) is 98.5 Å². The number of fused-ring (bicyclic) bond motifs is 2. The Morgan fingerprint density at radius 2 is 1.89 bits per heavy atom. The summed E-state index contributed by atoms with van der Waals surface area (Å²) in [7, 11) is -3.50. The van der Waals surface area contributed by atoms with E-state index in [1.165, 1.54) is 4.31 Å². The van der Waals surface area contributed by atoms with Crippen molar-refractivity contribution in [2.75, 3.05) is 5.75 Å². The van der Waals surface area contributed by atoms with Crippen molar-refractivity contribution in [3.05, 3.63) is 0 Å². The van der Waals surface area contributed by atoms with Gasteiger partial charge in [-0.15, -0.1) is 0 Å². The molecule has 0 aromatic rings. The number of nitriles is 1. The first-order chi connectivity index (χ1) is 8.44. The molecule has 0 amide bonds. The summed E-state index contributed by atoms with van der Waals surface area (Å²) in [5.74, 6) is -1.25. The molecule has 0 spiro atoms. The van der Waals surface area contributed by atoms with Crippen molar-refractivity contribution < 1.29 is 18.3 Å². The zero-order valence-electron chi connectivity index (χ0n) is 9.95. The van der Waals surface area contributed by atoms with Gasteiger partial charge in [-0.1, -0.05) is 0 Å². The van der Waals surface area contributed by atoms with Crippen LogP contribution in [0.5, 0.6) is 0 Å². The Morgan fingerprint density at radius 1 is 1.33 bits per heavy atom. The highest BCUT2D eigenvalue weighted by Crippen LogP contribution is 2.41. The van der Waals surface area contributed by atoms with Gasteiger partial charge in [-0.3, -0.25) is 4.79 Å². The molecule has 6 nitrogen and oxygen atoms in total. The zero-order valence-corrected chi connectivity index (χ0v) is 10.8. The van der Waals surface area contributed by atoms with Gasteiger partial charge in [0.25, 0.3) is 0 Å². The Kier molecular flexibility index (Phi) is 3.59. The van der Waals surface area contributed by atoms with E-state index in [1.54, 1.807) is 6.07 Å². The second-order valence-corrected chi connectivity index (χ2v) is 6.94. The number of nitrogens with zero attached hydrogens (tertiary/aromatic N) is 2. The average Bonchev–Trinajstić information content (AvgIpc) is 2.51. The van der Waals surface area contributed by atoms with Gasteiger partial charge in [0.2, 0.25) is 10.0 Å². The summed E-state index contributed by atoms with van der Waals surface area (Å²) in [6.07, 6.45) is 2.89. The molecule has 2 atom stereocenters. The van der Waals surface area contributed by atoms with E-state index in [0.29, 0.717) is 12.8 Å². The largest absolute Gasteiger partial charge is 0.481 e. The molecule has 2 heterocycles. The molecule has 0 radical (unpaired) electrons. The van der Waals surface area contributed by atoms with Crippen molar-refractivity contribution in [2.45, 2.75) is 44.2 Å².